The molecule has 0 saturated carbocycles. The van der Waals surface area contributed by atoms with E-state index in [4.69, 9.17) is 16.3 Å². The van der Waals surface area contributed by atoms with Gasteiger partial charge in [-0.05, 0) is 61.3 Å². The Kier molecular flexibility index (Phi) is 7.75. The normalized spacial score (nSPS) is 10.6. The minimum Gasteiger partial charge on any atom is -0.385 e. The van der Waals surface area contributed by atoms with E-state index < -0.39 is 0 Å². The minimum atomic E-state index is -0.142. The molecule has 0 unspecified atom stereocenters. The summed E-state index contributed by atoms with van der Waals surface area (Å²) in [4.78, 5) is 12.2. The highest BCUT2D eigenvalue weighted by Crippen LogP contribution is 2.14. The third-order valence-electron chi connectivity index (χ3n) is 3.57. The van der Waals surface area contributed by atoms with Gasteiger partial charge in [0.25, 0.3) is 5.91 Å². The second-order valence-electron chi connectivity index (χ2n) is 5.54. The Morgan fingerprint density at radius 2 is 1.92 bits per heavy atom. The number of hydrogen-bond donors (Lipinski definition) is 2. The standard InChI is InChI=1S/C19H23ClN2O2/c1-24-12-3-2-11-21-14-15-5-4-6-18(13-15)22-19(23)16-7-9-17(20)10-8-16/h4-10,13,21H,2-3,11-12,14H2,1H3,(H,22,23). The molecule has 0 aliphatic rings. The van der Waals surface area contributed by atoms with Gasteiger partial charge < -0.3 is 15.4 Å². The van der Waals surface area contributed by atoms with E-state index in [2.05, 4.69) is 10.6 Å². The fraction of sp³-hybridized carbons (Fsp3) is 0.316. The number of hydrogen-bond acceptors (Lipinski definition) is 3. The second-order valence-corrected chi connectivity index (χ2v) is 5.97. The van der Waals surface area contributed by atoms with Crippen LogP contribution in [-0.4, -0.2) is 26.2 Å². The number of carbonyl (C=O) groups excluding carboxylic acids is 1. The minimum absolute atomic E-state index is 0.142. The first-order valence-corrected chi connectivity index (χ1v) is 8.42. The van der Waals surface area contributed by atoms with Crippen molar-refractivity contribution in [3.8, 4) is 0 Å². The van der Waals surface area contributed by atoms with E-state index in [1.165, 1.54) is 0 Å². The summed E-state index contributed by atoms with van der Waals surface area (Å²) in [6.45, 7) is 2.52. The topological polar surface area (TPSA) is 50.4 Å². The summed E-state index contributed by atoms with van der Waals surface area (Å²) in [6, 6.07) is 14.7. The lowest BCUT2D eigenvalue weighted by molar-refractivity contribution is 0.102. The van der Waals surface area contributed by atoms with Crippen LogP contribution >= 0.6 is 11.6 Å². The smallest absolute Gasteiger partial charge is 0.255 e. The molecule has 0 aromatic heterocycles. The van der Waals surface area contributed by atoms with Crippen molar-refractivity contribution in [3.63, 3.8) is 0 Å². The monoisotopic (exact) mass is 346 g/mol. The van der Waals surface area contributed by atoms with E-state index in [-0.39, 0.29) is 5.91 Å². The van der Waals surface area contributed by atoms with Crippen molar-refractivity contribution in [2.24, 2.45) is 0 Å². The average Bonchev–Trinajstić information content (AvgIpc) is 2.59. The summed E-state index contributed by atoms with van der Waals surface area (Å²) in [7, 11) is 1.72. The average molecular weight is 347 g/mol. The molecule has 2 rings (SSSR count). The van der Waals surface area contributed by atoms with Crippen LogP contribution in [0.15, 0.2) is 48.5 Å². The quantitative estimate of drug-likeness (QED) is 0.672. The second kappa shape index (κ2) is 10.1. The van der Waals surface area contributed by atoms with Gasteiger partial charge in [0.05, 0.1) is 0 Å². The van der Waals surface area contributed by atoms with E-state index >= 15 is 0 Å². The molecule has 2 aromatic rings. The van der Waals surface area contributed by atoms with Gasteiger partial charge in [0.1, 0.15) is 0 Å². The Morgan fingerprint density at radius 1 is 1.12 bits per heavy atom. The molecule has 2 aromatic carbocycles. The number of nitrogens with one attached hydrogen (secondary N) is 2. The highest BCUT2D eigenvalue weighted by Gasteiger charge is 2.06. The summed E-state index contributed by atoms with van der Waals surface area (Å²) in [5.74, 6) is -0.142. The Balaban J connectivity index is 1.83. The lowest BCUT2D eigenvalue weighted by Crippen LogP contribution is -2.16. The van der Waals surface area contributed by atoms with E-state index in [0.717, 1.165) is 43.8 Å². The third-order valence-corrected chi connectivity index (χ3v) is 3.82. The molecule has 2 N–H and O–H groups in total. The molecule has 0 aliphatic heterocycles. The first-order valence-electron chi connectivity index (χ1n) is 8.04. The maximum atomic E-state index is 12.2. The Hall–Kier alpha value is -1.88. The van der Waals surface area contributed by atoms with Crippen LogP contribution in [-0.2, 0) is 11.3 Å². The molecule has 1 amide bonds. The van der Waals surface area contributed by atoms with Crippen molar-refractivity contribution < 1.29 is 9.53 Å². The summed E-state index contributed by atoms with van der Waals surface area (Å²) >= 11 is 5.84. The summed E-state index contributed by atoms with van der Waals surface area (Å²) in [5.41, 5.74) is 2.50. The lowest BCUT2D eigenvalue weighted by Gasteiger charge is -2.09. The number of carbonyl (C=O) groups is 1. The SMILES string of the molecule is COCCCCNCc1cccc(NC(=O)c2ccc(Cl)cc2)c1. The van der Waals surface area contributed by atoms with Gasteiger partial charge in [-0.2, -0.15) is 0 Å². The third kappa shape index (κ3) is 6.32. The zero-order valence-electron chi connectivity index (χ0n) is 13.8. The van der Waals surface area contributed by atoms with Crippen molar-refractivity contribution in [1.82, 2.24) is 5.32 Å². The molecule has 0 saturated heterocycles. The number of unbranched alkanes of at least 4 members (excludes halogenated alkanes) is 1. The van der Waals surface area contributed by atoms with Crippen molar-refractivity contribution in [2.75, 3.05) is 25.6 Å². The van der Waals surface area contributed by atoms with Gasteiger partial charge in [-0.25, -0.2) is 0 Å². The fourth-order valence-corrected chi connectivity index (χ4v) is 2.42. The fourth-order valence-electron chi connectivity index (χ4n) is 2.29. The Morgan fingerprint density at radius 3 is 2.67 bits per heavy atom. The van der Waals surface area contributed by atoms with Gasteiger partial charge in [-0.3, -0.25) is 4.79 Å². The maximum Gasteiger partial charge on any atom is 0.255 e. The van der Waals surface area contributed by atoms with Crippen molar-refractivity contribution >= 4 is 23.2 Å². The largest absolute Gasteiger partial charge is 0.385 e. The molecule has 0 radical (unpaired) electrons. The number of amides is 1. The van der Waals surface area contributed by atoms with Crippen LogP contribution in [0.1, 0.15) is 28.8 Å². The molecule has 24 heavy (non-hydrogen) atoms. The van der Waals surface area contributed by atoms with Crippen LogP contribution < -0.4 is 10.6 Å². The van der Waals surface area contributed by atoms with E-state index in [1.54, 1.807) is 31.4 Å². The van der Waals surface area contributed by atoms with E-state index in [1.807, 2.05) is 24.3 Å². The number of halogens is 1. The summed E-state index contributed by atoms with van der Waals surface area (Å²) in [6.07, 6.45) is 2.14. The maximum absolute atomic E-state index is 12.2. The number of anilines is 1. The zero-order valence-corrected chi connectivity index (χ0v) is 14.6. The summed E-state index contributed by atoms with van der Waals surface area (Å²) < 4.78 is 5.03. The molecule has 0 aliphatic carbocycles. The number of ether oxygens (including phenoxy) is 1. The predicted octanol–water partition coefficient (Wildman–Crippen LogP) is 4.11. The number of methoxy groups -OCH3 is 1. The van der Waals surface area contributed by atoms with Crippen molar-refractivity contribution in [1.29, 1.82) is 0 Å². The van der Waals surface area contributed by atoms with Crippen molar-refractivity contribution in [2.45, 2.75) is 19.4 Å². The van der Waals surface area contributed by atoms with Gasteiger partial charge in [0.2, 0.25) is 0 Å². The molecule has 0 fully saturated rings. The van der Waals surface area contributed by atoms with Crippen LogP contribution in [0.2, 0.25) is 5.02 Å². The Bertz CT molecular complexity index is 644. The van der Waals surface area contributed by atoms with Crippen LogP contribution in [0.3, 0.4) is 0 Å². The number of benzene rings is 2. The summed E-state index contributed by atoms with van der Waals surface area (Å²) in [5, 5.41) is 6.92. The highest BCUT2D eigenvalue weighted by molar-refractivity contribution is 6.30. The van der Waals surface area contributed by atoms with E-state index in [9.17, 15) is 4.79 Å². The molecule has 0 heterocycles. The van der Waals surface area contributed by atoms with Gasteiger partial charge in [-0.15, -0.1) is 0 Å². The molecule has 0 bridgehead atoms. The van der Waals surface area contributed by atoms with Gasteiger partial charge in [-0.1, -0.05) is 23.7 Å². The zero-order chi connectivity index (χ0) is 17.2. The lowest BCUT2D eigenvalue weighted by atomic mass is 10.1. The molecule has 4 nitrogen and oxygen atoms in total. The Labute approximate surface area is 148 Å². The van der Waals surface area contributed by atoms with Crippen LogP contribution in [0.5, 0.6) is 0 Å². The molecule has 128 valence electrons. The molecular weight excluding hydrogens is 324 g/mol. The molecular formula is C19H23ClN2O2. The highest BCUT2D eigenvalue weighted by atomic mass is 35.5. The predicted molar refractivity (Wildman–Crippen MR) is 98.7 cm³/mol. The molecule has 0 spiro atoms. The number of rotatable bonds is 9. The van der Waals surface area contributed by atoms with Gasteiger partial charge >= 0.3 is 0 Å². The molecule has 5 heteroatoms. The first kappa shape index (κ1) is 18.5. The van der Waals surface area contributed by atoms with Gasteiger partial charge in [0.15, 0.2) is 0 Å². The molecule has 0 atom stereocenters. The van der Waals surface area contributed by atoms with Crippen LogP contribution in [0.25, 0.3) is 0 Å². The van der Waals surface area contributed by atoms with Crippen LogP contribution in [0, 0.1) is 0 Å². The van der Waals surface area contributed by atoms with Gasteiger partial charge in [0, 0.05) is 36.5 Å². The van der Waals surface area contributed by atoms with E-state index in [0.29, 0.717) is 10.6 Å². The van der Waals surface area contributed by atoms with Crippen molar-refractivity contribution in [3.05, 3.63) is 64.7 Å². The van der Waals surface area contributed by atoms with Crippen LogP contribution in [0.4, 0.5) is 5.69 Å². The first-order chi connectivity index (χ1) is 11.7.